The summed E-state index contributed by atoms with van der Waals surface area (Å²) in [5.41, 5.74) is 1.71. The van der Waals surface area contributed by atoms with Gasteiger partial charge in [0.05, 0.1) is 6.20 Å². The summed E-state index contributed by atoms with van der Waals surface area (Å²) in [6.07, 6.45) is 2.81. The van der Waals surface area contributed by atoms with Crippen LogP contribution in [0.1, 0.15) is 17.7 Å². The van der Waals surface area contributed by atoms with E-state index in [1.54, 1.807) is 12.3 Å². The summed E-state index contributed by atoms with van der Waals surface area (Å²) in [7, 11) is 2.13. The van der Waals surface area contributed by atoms with Crippen molar-refractivity contribution in [2.24, 2.45) is 0 Å². The van der Waals surface area contributed by atoms with Gasteiger partial charge in [-0.1, -0.05) is 0 Å². The van der Waals surface area contributed by atoms with Crippen LogP contribution in [0.4, 0.5) is 5.82 Å². The van der Waals surface area contributed by atoms with E-state index in [9.17, 15) is 0 Å². The molecule has 0 aliphatic carbocycles. The molecule has 0 radical (unpaired) electrons. The van der Waals surface area contributed by atoms with Crippen molar-refractivity contribution in [2.45, 2.75) is 19.4 Å². The van der Waals surface area contributed by atoms with Crippen molar-refractivity contribution in [3.8, 4) is 6.07 Å². The van der Waals surface area contributed by atoms with E-state index in [0.29, 0.717) is 17.4 Å². The van der Waals surface area contributed by atoms with Crippen LogP contribution in [-0.4, -0.2) is 36.1 Å². The van der Waals surface area contributed by atoms with Gasteiger partial charge in [-0.2, -0.15) is 5.26 Å². The number of fused-ring (bicyclic) bond motifs is 1. The van der Waals surface area contributed by atoms with E-state index in [4.69, 9.17) is 9.68 Å². The molecule has 0 bridgehead atoms. The Morgan fingerprint density at radius 2 is 2.42 bits per heavy atom. The lowest BCUT2D eigenvalue weighted by molar-refractivity contribution is 0.414. The van der Waals surface area contributed by atoms with Gasteiger partial charge in [0.1, 0.15) is 11.9 Å². The first-order valence-corrected chi connectivity index (χ1v) is 6.41. The molecule has 5 heteroatoms. The molecule has 2 aromatic heterocycles. The molecule has 1 aliphatic rings. The Bertz CT molecular complexity index is 655. The Balaban J connectivity index is 1.92. The highest BCUT2D eigenvalue weighted by atomic mass is 16.3. The van der Waals surface area contributed by atoms with Crippen LogP contribution in [0.15, 0.2) is 16.7 Å². The van der Waals surface area contributed by atoms with E-state index in [1.165, 1.54) is 0 Å². The number of nitriles is 1. The number of hydrogen-bond acceptors (Lipinski definition) is 5. The Kier molecular flexibility index (Phi) is 2.88. The minimum Gasteiger partial charge on any atom is -0.444 e. The zero-order valence-corrected chi connectivity index (χ0v) is 11.1. The van der Waals surface area contributed by atoms with Crippen molar-refractivity contribution in [2.75, 3.05) is 25.5 Å². The molecule has 1 fully saturated rings. The summed E-state index contributed by atoms with van der Waals surface area (Å²) in [6, 6.07) is 4.24. The van der Waals surface area contributed by atoms with Crippen molar-refractivity contribution in [3.05, 3.63) is 23.6 Å². The molecule has 0 saturated carbocycles. The third-order valence-corrected chi connectivity index (χ3v) is 3.67. The maximum Gasteiger partial charge on any atom is 0.204 e. The van der Waals surface area contributed by atoms with Gasteiger partial charge in [0.2, 0.25) is 5.76 Å². The molecule has 0 aromatic carbocycles. The number of aromatic nitrogens is 1. The van der Waals surface area contributed by atoms with E-state index in [2.05, 4.69) is 22.2 Å². The third kappa shape index (κ3) is 2.15. The van der Waals surface area contributed by atoms with Gasteiger partial charge in [0, 0.05) is 29.6 Å². The second-order valence-corrected chi connectivity index (χ2v) is 5.12. The van der Waals surface area contributed by atoms with Gasteiger partial charge in [-0.15, -0.1) is 0 Å². The number of hydrogen-bond donors (Lipinski definition) is 1. The van der Waals surface area contributed by atoms with Gasteiger partial charge < -0.3 is 14.6 Å². The Labute approximate surface area is 111 Å². The van der Waals surface area contributed by atoms with E-state index in [1.807, 2.05) is 13.0 Å². The first-order valence-electron chi connectivity index (χ1n) is 6.41. The third-order valence-electron chi connectivity index (χ3n) is 3.67. The van der Waals surface area contributed by atoms with Gasteiger partial charge in [-0.05, 0) is 26.9 Å². The maximum atomic E-state index is 8.87. The monoisotopic (exact) mass is 256 g/mol. The lowest BCUT2D eigenvalue weighted by Gasteiger charge is -2.15. The first kappa shape index (κ1) is 12.0. The molecule has 0 amide bonds. The molecule has 3 heterocycles. The summed E-state index contributed by atoms with van der Waals surface area (Å²) < 4.78 is 5.38. The summed E-state index contributed by atoms with van der Waals surface area (Å²) >= 11 is 0. The van der Waals surface area contributed by atoms with Gasteiger partial charge >= 0.3 is 0 Å². The minimum absolute atomic E-state index is 0.331. The number of nitrogens with one attached hydrogen (secondary N) is 1. The summed E-state index contributed by atoms with van der Waals surface area (Å²) in [5.74, 6) is 1.22. The van der Waals surface area contributed by atoms with Crippen LogP contribution in [0.25, 0.3) is 11.0 Å². The van der Waals surface area contributed by atoms with Gasteiger partial charge in [-0.25, -0.2) is 4.98 Å². The highest BCUT2D eigenvalue weighted by Crippen LogP contribution is 2.27. The molecular weight excluding hydrogens is 240 g/mol. The van der Waals surface area contributed by atoms with Crippen LogP contribution in [0.5, 0.6) is 0 Å². The quantitative estimate of drug-likeness (QED) is 0.891. The zero-order chi connectivity index (χ0) is 13.4. The Morgan fingerprint density at radius 1 is 1.58 bits per heavy atom. The molecule has 1 atom stereocenters. The highest BCUT2D eigenvalue weighted by Gasteiger charge is 2.20. The number of rotatable bonds is 2. The molecule has 3 rings (SSSR count). The number of nitrogens with zero attached hydrogens (tertiary/aromatic N) is 3. The molecule has 0 spiro atoms. The van der Waals surface area contributed by atoms with Gasteiger partial charge in [0.15, 0.2) is 5.58 Å². The predicted molar refractivity (Wildman–Crippen MR) is 73.0 cm³/mol. The van der Waals surface area contributed by atoms with Gasteiger partial charge in [0.25, 0.3) is 0 Å². The summed E-state index contributed by atoms with van der Waals surface area (Å²) in [5, 5.41) is 13.3. The lowest BCUT2D eigenvalue weighted by Crippen LogP contribution is -2.24. The normalized spacial score (nSPS) is 19.7. The number of likely N-dealkylation sites (tertiary alicyclic amines) is 1. The Hall–Kier alpha value is -2.06. The average molecular weight is 256 g/mol. The number of aryl methyl sites for hydroxylation is 1. The molecule has 5 nitrogen and oxygen atoms in total. The molecule has 1 unspecified atom stereocenters. The molecule has 98 valence electrons. The van der Waals surface area contributed by atoms with E-state index >= 15 is 0 Å². The smallest absolute Gasteiger partial charge is 0.204 e. The molecule has 1 aliphatic heterocycles. The molecule has 1 N–H and O–H groups in total. The fourth-order valence-electron chi connectivity index (χ4n) is 2.59. The van der Waals surface area contributed by atoms with Crippen LogP contribution in [0, 0.1) is 18.3 Å². The summed E-state index contributed by atoms with van der Waals surface area (Å²) in [6.45, 7) is 4.16. The maximum absolute atomic E-state index is 8.87. The van der Waals surface area contributed by atoms with E-state index in [0.717, 1.165) is 36.3 Å². The fraction of sp³-hybridized carbons (Fsp3) is 0.429. The van der Waals surface area contributed by atoms with Crippen molar-refractivity contribution < 1.29 is 4.42 Å². The largest absolute Gasteiger partial charge is 0.444 e. The fourth-order valence-corrected chi connectivity index (χ4v) is 2.59. The highest BCUT2D eigenvalue weighted by molar-refractivity contribution is 5.85. The number of anilines is 1. The second-order valence-electron chi connectivity index (χ2n) is 5.12. The van der Waals surface area contributed by atoms with Crippen molar-refractivity contribution >= 4 is 16.8 Å². The number of pyridine rings is 1. The van der Waals surface area contributed by atoms with Crippen LogP contribution in [0.2, 0.25) is 0 Å². The second kappa shape index (κ2) is 4.56. The molecule has 1 saturated heterocycles. The van der Waals surface area contributed by atoms with Crippen LogP contribution < -0.4 is 5.32 Å². The van der Waals surface area contributed by atoms with E-state index in [-0.39, 0.29) is 0 Å². The Morgan fingerprint density at radius 3 is 3.11 bits per heavy atom. The van der Waals surface area contributed by atoms with Crippen molar-refractivity contribution in [3.63, 3.8) is 0 Å². The van der Waals surface area contributed by atoms with Gasteiger partial charge in [-0.3, -0.25) is 0 Å². The van der Waals surface area contributed by atoms with Crippen LogP contribution in [0.3, 0.4) is 0 Å². The molecule has 19 heavy (non-hydrogen) atoms. The van der Waals surface area contributed by atoms with E-state index < -0.39 is 0 Å². The lowest BCUT2D eigenvalue weighted by atomic mass is 10.1. The minimum atomic E-state index is 0.331. The SMILES string of the molecule is Cc1c(NC2CCN(C)C2)ncc2oc(C#N)cc12. The van der Waals surface area contributed by atoms with Crippen molar-refractivity contribution in [1.29, 1.82) is 5.26 Å². The average Bonchev–Trinajstić information content (AvgIpc) is 2.99. The number of likely N-dealkylation sites (N-methyl/N-ethyl adjacent to an activating group) is 1. The number of furan rings is 1. The van der Waals surface area contributed by atoms with Crippen molar-refractivity contribution in [1.82, 2.24) is 9.88 Å². The summed E-state index contributed by atoms with van der Waals surface area (Å²) in [4.78, 5) is 6.71. The first-order chi connectivity index (χ1) is 9.17. The molecular formula is C14H16N4O. The van der Waals surface area contributed by atoms with Crippen LogP contribution >= 0.6 is 0 Å². The standard InChI is InChI=1S/C14H16N4O/c1-9-12-5-11(6-15)19-13(12)7-16-14(9)17-10-3-4-18(2)8-10/h5,7,10H,3-4,8H2,1-2H3,(H,16,17). The predicted octanol–water partition coefficient (Wildman–Crippen LogP) is 2.12. The topological polar surface area (TPSA) is 65.1 Å². The molecule has 2 aromatic rings. The van der Waals surface area contributed by atoms with Crippen LogP contribution in [-0.2, 0) is 0 Å². The zero-order valence-electron chi connectivity index (χ0n) is 11.1.